The molecule has 0 N–H and O–H groups in total. The second kappa shape index (κ2) is 6.99. The Morgan fingerprint density at radius 1 is 1.17 bits per heavy atom. The molecule has 3 aromatic rings. The summed E-state index contributed by atoms with van der Waals surface area (Å²) in [5.41, 5.74) is 1.04. The molecule has 0 aromatic carbocycles. The lowest BCUT2D eigenvalue weighted by Crippen LogP contribution is -2.29. The monoisotopic (exact) mass is 346 g/mol. The van der Waals surface area contributed by atoms with Gasteiger partial charge < -0.3 is 4.42 Å². The van der Waals surface area contributed by atoms with Gasteiger partial charge in [0, 0.05) is 28.9 Å². The topological polar surface area (TPSA) is 29.3 Å². The molecule has 0 radical (unpaired) electrons. The fraction of sp³-hybridized carbons (Fsp3) is 0.389. The molecule has 0 bridgehead atoms. The van der Waals surface area contributed by atoms with Crippen LogP contribution in [0.15, 0.2) is 34.1 Å². The first-order chi connectivity index (χ1) is 11.0. The summed E-state index contributed by atoms with van der Waals surface area (Å²) in [6.45, 7) is 10.4. The van der Waals surface area contributed by atoms with Crippen molar-refractivity contribution in [1.82, 2.24) is 9.88 Å². The van der Waals surface area contributed by atoms with E-state index in [2.05, 4.69) is 37.8 Å². The molecule has 3 nitrogen and oxygen atoms in total. The van der Waals surface area contributed by atoms with Crippen molar-refractivity contribution in [3.05, 3.63) is 50.9 Å². The van der Waals surface area contributed by atoms with Crippen LogP contribution in [0.1, 0.15) is 35.1 Å². The van der Waals surface area contributed by atoms with E-state index in [1.165, 1.54) is 9.75 Å². The van der Waals surface area contributed by atoms with Gasteiger partial charge in [0.05, 0.1) is 10.6 Å². The standard InChI is InChI=1S/C18H22N2OS2/c1-12(2)20(10-15-8-7-13(3)23-15)11-16-14(4)21-18(19-16)17-6-5-9-22-17/h5-9,12H,10-11H2,1-4H3. The number of oxazole rings is 1. The average Bonchev–Trinajstić information content (AvgIpc) is 3.21. The minimum Gasteiger partial charge on any atom is -0.440 e. The Kier molecular flexibility index (Phi) is 4.99. The van der Waals surface area contributed by atoms with Gasteiger partial charge in [-0.2, -0.15) is 0 Å². The van der Waals surface area contributed by atoms with Gasteiger partial charge >= 0.3 is 0 Å². The van der Waals surface area contributed by atoms with Gasteiger partial charge in [-0.25, -0.2) is 4.98 Å². The second-order valence-corrected chi connectivity index (χ2v) is 8.33. The van der Waals surface area contributed by atoms with E-state index >= 15 is 0 Å². The van der Waals surface area contributed by atoms with Crippen LogP contribution in [0, 0.1) is 13.8 Å². The maximum atomic E-state index is 5.87. The molecule has 0 aliphatic carbocycles. The number of thiophene rings is 2. The van der Waals surface area contributed by atoms with Gasteiger partial charge in [0.2, 0.25) is 5.89 Å². The van der Waals surface area contributed by atoms with Crippen molar-refractivity contribution in [2.45, 2.75) is 46.8 Å². The van der Waals surface area contributed by atoms with Gasteiger partial charge in [0.25, 0.3) is 0 Å². The zero-order valence-electron chi connectivity index (χ0n) is 14.0. The normalized spacial score (nSPS) is 11.7. The molecule has 0 aliphatic rings. The summed E-state index contributed by atoms with van der Waals surface area (Å²) in [5, 5.41) is 2.05. The van der Waals surface area contributed by atoms with E-state index in [1.807, 2.05) is 35.8 Å². The van der Waals surface area contributed by atoms with E-state index in [0.29, 0.717) is 6.04 Å². The number of hydrogen-bond donors (Lipinski definition) is 0. The highest BCUT2D eigenvalue weighted by Gasteiger charge is 2.18. The lowest BCUT2D eigenvalue weighted by molar-refractivity contribution is 0.202. The van der Waals surface area contributed by atoms with Crippen LogP contribution in [-0.2, 0) is 13.1 Å². The molecule has 0 aliphatic heterocycles. The number of aromatic nitrogens is 1. The molecular weight excluding hydrogens is 324 g/mol. The Balaban J connectivity index is 1.77. The van der Waals surface area contributed by atoms with Crippen LogP contribution in [0.25, 0.3) is 10.8 Å². The molecule has 0 spiro atoms. The fourth-order valence-electron chi connectivity index (χ4n) is 2.46. The Bertz CT molecular complexity index is 756. The van der Waals surface area contributed by atoms with Crippen molar-refractivity contribution < 1.29 is 4.42 Å². The summed E-state index contributed by atoms with van der Waals surface area (Å²) in [7, 11) is 0. The highest BCUT2D eigenvalue weighted by molar-refractivity contribution is 7.13. The molecule has 5 heteroatoms. The summed E-state index contributed by atoms with van der Waals surface area (Å²) in [6.07, 6.45) is 0. The van der Waals surface area contributed by atoms with E-state index in [1.54, 1.807) is 11.3 Å². The van der Waals surface area contributed by atoms with E-state index in [4.69, 9.17) is 9.40 Å². The first-order valence-corrected chi connectivity index (χ1v) is 9.52. The van der Waals surface area contributed by atoms with Crippen molar-refractivity contribution in [1.29, 1.82) is 0 Å². The number of aryl methyl sites for hydroxylation is 2. The quantitative estimate of drug-likeness (QED) is 0.591. The van der Waals surface area contributed by atoms with Gasteiger partial charge in [0.15, 0.2) is 0 Å². The molecule has 3 heterocycles. The summed E-state index contributed by atoms with van der Waals surface area (Å²) in [5.74, 6) is 1.66. The third-order valence-electron chi connectivity index (χ3n) is 3.86. The lowest BCUT2D eigenvalue weighted by Gasteiger charge is -2.25. The molecule has 0 amide bonds. The predicted octanol–water partition coefficient (Wildman–Crippen LogP) is 5.49. The molecule has 0 fully saturated rings. The van der Waals surface area contributed by atoms with Crippen LogP contribution < -0.4 is 0 Å². The maximum Gasteiger partial charge on any atom is 0.236 e. The number of nitrogens with zero attached hydrogens (tertiary/aromatic N) is 2. The fourth-order valence-corrected chi connectivity index (χ4v) is 4.03. The largest absolute Gasteiger partial charge is 0.440 e. The van der Waals surface area contributed by atoms with E-state index in [0.717, 1.165) is 35.3 Å². The Morgan fingerprint density at radius 3 is 2.61 bits per heavy atom. The molecular formula is C18H22N2OS2. The van der Waals surface area contributed by atoms with Crippen LogP contribution in [0.3, 0.4) is 0 Å². The van der Waals surface area contributed by atoms with Gasteiger partial charge in [-0.3, -0.25) is 4.90 Å². The van der Waals surface area contributed by atoms with Gasteiger partial charge in [-0.1, -0.05) is 6.07 Å². The highest BCUT2D eigenvalue weighted by atomic mass is 32.1. The summed E-state index contributed by atoms with van der Waals surface area (Å²) >= 11 is 3.53. The Hall–Kier alpha value is -1.43. The first-order valence-electron chi connectivity index (χ1n) is 7.82. The van der Waals surface area contributed by atoms with Crippen molar-refractivity contribution in [3.8, 4) is 10.8 Å². The molecule has 0 saturated carbocycles. The third kappa shape index (κ3) is 3.91. The number of rotatable bonds is 6. The van der Waals surface area contributed by atoms with Crippen molar-refractivity contribution in [2.75, 3.05) is 0 Å². The number of hydrogen-bond acceptors (Lipinski definition) is 5. The maximum absolute atomic E-state index is 5.87. The molecule has 0 atom stereocenters. The Morgan fingerprint density at radius 2 is 2.00 bits per heavy atom. The zero-order valence-corrected chi connectivity index (χ0v) is 15.6. The van der Waals surface area contributed by atoms with Crippen LogP contribution in [0.2, 0.25) is 0 Å². The van der Waals surface area contributed by atoms with Gasteiger partial charge in [0.1, 0.15) is 5.76 Å². The van der Waals surface area contributed by atoms with Crippen LogP contribution >= 0.6 is 22.7 Å². The van der Waals surface area contributed by atoms with Crippen LogP contribution in [-0.4, -0.2) is 15.9 Å². The predicted molar refractivity (Wildman–Crippen MR) is 98.0 cm³/mol. The first kappa shape index (κ1) is 16.4. The van der Waals surface area contributed by atoms with Crippen LogP contribution in [0.4, 0.5) is 0 Å². The molecule has 3 aromatic heterocycles. The molecule has 0 unspecified atom stereocenters. The zero-order chi connectivity index (χ0) is 16.4. The minimum absolute atomic E-state index is 0.457. The van der Waals surface area contributed by atoms with E-state index < -0.39 is 0 Å². The smallest absolute Gasteiger partial charge is 0.236 e. The summed E-state index contributed by atoms with van der Waals surface area (Å²) in [6, 6.07) is 8.95. The lowest BCUT2D eigenvalue weighted by atomic mass is 10.2. The molecule has 23 heavy (non-hydrogen) atoms. The minimum atomic E-state index is 0.457. The molecule has 3 rings (SSSR count). The molecule has 122 valence electrons. The Labute approximate surface area is 145 Å². The van der Waals surface area contributed by atoms with Crippen LogP contribution in [0.5, 0.6) is 0 Å². The van der Waals surface area contributed by atoms with Crippen molar-refractivity contribution in [2.24, 2.45) is 0 Å². The molecule has 0 saturated heterocycles. The van der Waals surface area contributed by atoms with E-state index in [-0.39, 0.29) is 0 Å². The van der Waals surface area contributed by atoms with Gasteiger partial charge in [-0.15, -0.1) is 22.7 Å². The SMILES string of the molecule is Cc1ccc(CN(Cc2nc(-c3cccs3)oc2C)C(C)C)s1. The van der Waals surface area contributed by atoms with Crippen molar-refractivity contribution >= 4 is 22.7 Å². The van der Waals surface area contributed by atoms with Gasteiger partial charge in [-0.05, 0) is 51.3 Å². The summed E-state index contributed by atoms with van der Waals surface area (Å²) < 4.78 is 5.87. The van der Waals surface area contributed by atoms with E-state index in [9.17, 15) is 0 Å². The summed E-state index contributed by atoms with van der Waals surface area (Å²) in [4.78, 5) is 11.0. The van der Waals surface area contributed by atoms with Crippen molar-refractivity contribution in [3.63, 3.8) is 0 Å². The second-order valence-electron chi connectivity index (χ2n) is 6.01. The average molecular weight is 347 g/mol. The third-order valence-corrected chi connectivity index (χ3v) is 5.71. The highest BCUT2D eigenvalue weighted by Crippen LogP contribution is 2.27.